The van der Waals surface area contributed by atoms with E-state index in [1.165, 1.54) is 0 Å². The summed E-state index contributed by atoms with van der Waals surface area (Å²) in [7, 11) is 0. The van der Waals surface area contributed by atoms with Crippen molar-refractivity contribution in [2.24, 2.45) is 0 Å². The fourth-order valence-electron chi connectivity index (χ4n) is 2.35. The van der Waals surface area contributed by atoms with Gasteiger partial charge in [0.25, 0.3) is 0 Å². The molecular weight excluding hydrogens is 284 g/mol. The van der Waals surface area contributed by atoms with Gasteiger partial charge in [-0.1, -0.05) is 6.07 Å². The van der Waals surface area contributed by atoms with Gasteiger partial charge >= 0.3 is 0 Å². The van der Waals surface area contributed by atoms with Crippen molar-refractivity contribution >= 4 is 22.8 Å². The number of halogens is 1. The molecule has 1 aromatic carbocycles. The van der Waals surface area contributed by atoms with E-state index in [1.54, 1.807) is 12.3 Å². The maximum atomic E-state index is 9.13. The van der Waals surface area contributed by atoms with Gasteiger partial charge in [0.15, 0.2) is 5.65 Å². The molecule has 0 saturated heterocycles. The fourth-order valence-corrected chi connectivity index (χ4v) is 2.50. The maximum Gasteiger partial charge on any atom is 0.164 e. The third-order valence-electron chi connectivity index (χ3n) is 3.38. The van der Waals surface area contributed by atoms with Crippen molar-refractivity contribution < 1.29 is 0 Å². The van der Waals surface area contributed by atoms with Crippen LogP contribution in [-0.4, -0.2) is 14.5 Å². The smallest absolute Gasteiger partial charge is 0.164 e. The van der Waals surface area contributed by atoms with Gasteiger partial charge in [0.1, 0.15) is 11.3 Å². The molecular formula is C16H13ClN4. The van der Waals surface area contributed by atoms with Gasteiger partial charge < -0.3 is 0 Å². The monoisotopic (exact) mass is 296 g/mol. The van der Waals surface area contributed by atoms with Crippen LogP contribution in [0, 0.1) is 18.3 Å². The number of alkyl halides is 1. The van der Waals surface area contributed by atoms with Crippen molar-refractivity contribution in [1.29, 1.82) is 5.26 Å². The van der Waals surface area contributed by atoms with Crippen LogP contribution in [0.1, 0.15) is 29.3 Å². The van der Waals surface area contributed by atoms with E-state index in [-0.39, 0.29) is 5.38 Å². The highest BCUT2D eigenvalue weighted by Crippen LogP contribution is 2.28. The van der Waals surface area contributed by atoms with Crippen molar-refractivity contribution in [3.8, 4) is 11.8 Å². The van der Waals surface area contributed by atoms with Gasteiger partial charge in [-0.2, -0.15) is 5.26 Å². The van der Waals surface area contributed by atoms with Gasteiger partial charge in [-0.3, -0.25) is 4.57 Å². The molecule has 0 aliphatic carbocycles. The van der Waals surface area contributed by atoms with Crippen molar-refractivity contribution in [2.75, 3.05) is 0 Å². The molecule has 0 amide bonds. The molecule has 4 nitrogen and oxygen atoms in total. The second-order valence-corrected chi connectivity index (χ2v) is 5.54. The highest BCUT2D eigenvalue weighted by Gasteiger charge is 2.18. The third kappa shape index (κ3) is 2.26. The van der Waals surface area contributed by atoms with E-state index < -0.39 is 0 Å². The van der Waals surface area contributed by atoms with Crippen LogP contribution in [-0.2, 0) is 0 Å². The Morgan fingerprint density at radius 2 is 2.14 bits per heavy atom. The minimum Gasteiger partial charge on any atom is -0.279 e. The summed E-state index contributed by atoms with van der Waals surface area (Å²) in [5.41, 5.74) is 4.07. The molecule has 0 spiro atoms. The van der Waals surface area contributed by atoms with Gasteiger partial charge in [0.2, 0.25) is 0 Å². The quantitative estimate of drug-likeness (QED) is 0.674. The van der Waals surface area contributed by atoms with Crippen LogP contribution in [0.15, 0.2) is 36.5 Å². The lowest BCUT2D eigenvalue weighted by Gasteiger charge is -2.13. The Hall–Kier alpha value is -2.38. The van der Waals surface area contributed by atoms with Crippen LogP contribution < -0.4 is 0 Å². The zero-order chi connectivity index (χ0) is 15.0. The predicted molar refractivity (Wildman–Crippen MR) is 82.6 cm³/mol. The first-order valence-electron chi connectivity index (χ1n) is 6.60. The number of imidazole rings is 1. The molecule has 2 aromatic heterocycles. The largest absolute Gasteiger partial charge is 0.279 e. The minimum atomic E-state index is -0.260. The molecule has 5 heteroatoms. The number of rotatable bonds is 2. The topological polar surface area (TPSA) is 54.5 Å². The molecule has 0 saturated carbocycles. The zero-order valence-corrected chi connectivity index (χ0v) is 12.5. The van der Waals surface area contributed by atoms with Crippen molar-refractivity contribution in [3.63, 3.8) is 0 Å². The second kappa shape index (κ2) is 5.19. The fraction of sp³-hybridized carbons (Fsp3) is 0.188. The first-order valence-corrected chi connectivity index (χ1v) is 7.04. The number of nitrogens with zero attached hydrogens (tertiary/aromatic N) is 4. The van der Waals surface area contributed by atoms with Crippen molar-refractivity contribution in [2.45, 2.75) is 19.2 Å². The maximum absolute atomic E-state index is 9.13. The summed E-state index contributed by atoms with van der Waals surface area (Å²) in [4.78, 5) is 8.99. The van der Waals surface area contributed by atoms with E-state index in [4.69, 9.17) is 16.9 Å². The highest BCUT2D eigenvalue weighted by atomic mass is 35.5. The zero-order valence-electron chi connectivity index (χ0n) is 11.7. The number of fused-ring (bicyclic) bond motifs is 1. The molecule has 0 bridgehead atoms. The molecule has 21 heavy (non-hydrogen) atoms. The molecule has 0 radical (unpaired) electrons. The lowest BCUT2D eigenvalue weighted by Crippen LogP contribution is -2.05. The van der Waals surface area contributed by atoms with E-state index in [0.717, 1.165) is 28.2 Å². The minimum absolute atomic E-state index is 0.260. The predicted octanol–water partition coefficient (Wildman–Crippen LogP) is 3.90. The summed E-state index contributed by atoms with van der Waals surface area (Å²) < 4.78 is 1.93. The summed E-state index contributed by atoms with van der Waals surface area (Å²) in [6, 6.07) is 11.5. The number of aromatic nitrogens is 3. The molecule has 3 aromatic rings. The molecule has 0 aliphatic rings. The Bertz CT molecular complexity index is 858. The van der Waals surface area contributed by atoms with Crippen molar-refractivity contribution in [1.82, 2.24) is 14.5 Å². The molecule has 2 heterocycles. The summed E-state index contributed by atoms with van der Waals surface area (Å²) in [6.07, 6.45) is 1.73. The Balaban J connectivity index is 2.39. The number of pyridine rings is 1. The summed E-state index contributed by atoms with van der Waals surface area (Å²) in [5.74, 6) is 0.726. The van der Waals surface area contributed by atoms with Crippen LogP contribution in [0.3, 0.4) is 0 Å². The molecule has 0 fully saturated rings. The summed E-state index contributed by atoms with van der Waals surface area (Å²) in [5, 5.41) is 8.87. The second-order valence-electron chi connectivity index (χ2n) is 4.88. The molecule has 1 unspecified atom stereocenters. The van der Waals surface area contributed by atoms with Crippen LogP contribution >= 0.6 is 11.6 Å². The molecule has 3 rings (SSSR count). The number of hydrogen-bond donors (Lipinski definition) is 0. The molecule has 104 valence electrons. The van der Waals surface area contributed by atoms with Crippen LogP contribution in [0.5, 0.6) is 0 Å². The molecule has 0 aliphatic heterocycles. The van der Waals surface area contributed by atoms with E-state index in [9.17, 15) is 0 Å². The van der Waals surface area contributed by atoms with Crippen LogP contribution in [0.2, 0.25) is 0 Å². The number of hydrogen-bond acceptors (Lipinski definition) is 3. The van der Waals surface area contributed by atoms with Gasteiger partial charge in [0, 0.05) is 6.20 Å². The van der Waals surface area contributed by atoms with Gasteiger partial charge in [-0.15, -0.1) is 11.6 Å². The lowest BCUT2D eigenvalue weighted by atomic mass is 10.1. The van der Waals surface area contributed by atoms with Gasteiger partial charge in [-0.05, 0) is 43.7 Å². The van der Waals surface area contributed by atoms with Gasteiger partial charge in [0.05, 0.1) is 22.7 Å². The normalized spacial score (nSPS) is 12.3. The number of benzene rings is 1. The number of aryl methyl sites for hydroxylation is 1. The van der Waals surface area contributed by atoms with Crippen LogP contribution in [0.25, 0.3) is 16.9 Å². The standard InChI is InChI=1S/C16H13ClN4/c1-10-5-6-12(9-18)8-14(10)21-15(11(2)17)20-13-4-3-7-19-16(13)21/h3-8,11H,1-2H3. The van der Waals surface area contributed by atoms with E-state index in [0.29, 0.717) is 5.56 Å². The molecule has 1 atom stereocenters. The third-order valence-corrected chi connectivity index (χ3v) is 3.57. The Labute approximate surface area is 127 Å². The van der Waals surface area contributed by atoms with Crippen molar-refractivity contribution in [3.05, 3.63) is 53.5 Å². The SMILES string of the molecule is Cc1ccc(C#N)cc1-n1c(C(C)Cl)nc2cccnc21. The Kier molecular flexibility index (Phi) is 3.36. The van der Waals surface area contributed by atoms with E-state index >= 15 is 0 Å². The first kappa shape index (κ1) is 13.6. The highest BCUT2D eigenvalue weighted by molar-refractivity contribution is 6.20. The lowest BCUT2D eigenvalue weighted by molar-refractivity contribution is 0.872. The average molecular weight is 297 g/mol. The molecule has 0 N–H and O–H groups in total. The average Bonchev–Trinajstić information content (AvgIpc) is 2.87. The first-order chi connectivity index (χ1) is 10.1. The Morgan fingerprint density at radius 3 is 2.86 bits per heavy atom. The summed E-state index contributed by atoms with van der Waals surface area (Å²) in [6.45, 7) is 3.87. The van der Waals surface area contributed by atoms with E-state index in [1.807, 2.05) is 42.7 Å². The number of nitriles is 1. The van der Waals surface area contributed by atoms with E-state index in [2.05, 4.69) is 16.0 Å². The van der Waals surface area contributed by atoms with Crippen LogP contribution in [0.4, 0.5) is 0 Å². The Morgan fingerprint density at radius 1 is 1.33 bits per heavy atom. The van der Waals surface area contributed by atoms with Gasteiger partial charge in [-0.25, -0.2) is 9.97 Å². The summed E-state index contributed by atoms with van der Waals surface area (Å²) >= 11 is 6.28.